The quantitative estimate of drug-likeness (QED) is 0.268. The Bertz CT molecular complexity index is 1390. The van der Waals surface area contributed by atoms with Crippen LogP contribution in [-0.2, 0) is 12.4 Å². The molecule has 0 unspecified atom stereocenters. The van der Waals surface area contributed by atoms with E-state index < -0.39 is 56.7 Å². The number of rotatable bonds is 4. The maximum absolute atomic E-state index is 12.5. The number of benzene rings is 2. The van der Waals surface area contributed by atoms with Crippen molar-refractivity contribution in [1.82, 2.24) is 8.75 Å². The third kappa shape index (κ3) is 7.37. The van der Waals surface area contributed by atoms with E-state index in [1.807, 2.05) is 0 Å². The van der Waals surface area contributed by atoms with Crippen LogP contribution in [0.15, 0.2) is 48.5 Å². The van der Waals surface area contributed by atoms with E-state index in [0.29, 0.717) is 23.1 Å². The van der Waals surface area contributed by atoms with Crippen molar-refractivity contribution in [2.75, 3.05) is 0 Å². The fraction of sp³-hybridized carbons (Fsp3) is 0.0909. The number of carbonyl (C=O) groups is 2. The Morgan fingerprint density at radius 3 is 1.28 bits per heavy atom. The van der Waals surface area contributed by atoms with Crippen molar-refractivity contribution in [2.24, 2.45) is 0 Å². The average Bonchev–Trinajstić information content (AvgIpc) is 3.41. The molecule has 0 fully saturated rings. The molecule has 0 aliphatic carbocycles. The number of hydrogen-bond donors (Lipinski definition) is 2. The minimum absolute atomic E-state index is 0. The fourth-order valence-electron chi connectivity index (χ4n) is 2.90. The van der Waals surface area contributed by atoms with Gasteiger partial charge in [-0.1, -0.05) is 24.3 Å². The number of halogens is 6. The summed E-state index contributed by atoms with van der Waals surface area (Å²) in [6.07, 6.45) is -9.06. The second-order valence-electron chi connectivity index (χ2n) is 7.15. The van der Waals surface area contributed by atoms with Crippen LogP contribution in [-0.4, -0.2) is 54.0 Å². The van der Waals surface area contributed by atoms with Crippen LogP contribution in [0.5, 0.6) is 11.5 Å². The Kier molecular flexibility index (Phi) is 9.94. The molecule has 0 spiro atoms. The van der Waals surface area contributed by atoms with Crippen molar-refractivity contribution < 1.29 is 56.4 Å². The van der Waals surface area contributed by atoms with Crippen LogP contribution in [0, 0.1) is 0 Å². The van der Waals surface area contributed by atoms with Gasteiger partial charge in [0, 0.05) is 11.1 Å². The molecule has 0 aliphatic rings. The molecular formula is C22H10F6MgN2O6S2. The average molecular weight is 601 g/mol. The minimum Gasteiger partial charge on any atom is -0.544 e. The molecule has 0 atom stereocenters. The largest absolute Gasteiger partial charge is 2.00 e. The van der Waals surface area contributed by atoms with Crippen LogP contribution in [0.1, 0.15) is 30.5 Å². The molecular weight excluding hydrogens is 591 g/mol. The summed E-state index contributed by atoms with van der Waals surface area (Å²) in [7, 11) is 0. The van der Waals surface area contributed by atoms with Gasteiger partial charge in [0.25, 0.3) is 0 Å². The molecule has 2 aromatic carbocycles. The van der Waals surface area contributed by atoms with Crippen molar-refractivity contribution in [3.8, 4) is 34.0 Å². The van der Waals surface area contributed by atoms with Crippen LogP contribution in [0.2, 0.25) is 0 Å². The van der Waals surface area contributed by atoms with Gasteiger partial charge < -0.3 is 30.0 Å². The Morgan fingerprint density at radius 2 is 1.03 bits per heavy atom. The van der Waals surface area contributed by atoms with E-state index in [1.165, 1.54) is 12.1 Å². The number of aromatic carboxylic acids is 2. The molecule has 0 bridgehead atoms. The van der Waals surface area contributed by atoms with Gasteiger partial charge in [-0.25, -0.2) is 0 Å². The zero-order chi connectivity index (χ0) is 28.4. The van der Waals surface area contributed by atoms with Gasteiger partial charge in [0.15, 0.2) is 11.5 Å². The molecule has 8 nitrogen and oxygen atoms in total. The Hall–Kier alpha value is -3.41. The van der Waals surface area contributed by atoms with E-state index in [9.17, 15) is 56.4 Å². The van der Waals surface area contributed by atoms with Gasteiger partial charge in [0.05, 0.1) is 23.1 Å². The first-order chi connectivity index (χ1) is 17.6. The van der Waals surface area contributed by atoms with E-state index in [1.54, 1.807) is 0 Å². The second kappa shape index (κ2) is 12.2. The van der Waals surface area contributed by atoms with Gasteiger partial charge in [0.2, 0.25) is 0 Å². The first-order valence-corrected chi connectivity index (χ1v) is 11.3. The summed E-state index contributed by atoms with van der Waals surface area (Å²) in [5, 5.41) is 40.4. The number of aromatic hydroxyl groups is 2. The molecule has 0 aliphatic heterocycles. The Labute approximate surface area is 238 Å². The first kappa shape index (κ1) is 31.8. The summed E-state index contributed by atoms with van der Waals surface area (Å²) in [6.45, 7) is 0. The molecule has 2 N–H and O–H groups in total. The molecule has 17 heteroatoms. The predicted octanol–water partition coefficient (Wildman–Crippen LogP) is 3.42. The standard InChI is InChI=1S/2C11H6F3NO3S.Mg/c2*12-11(13,14)6-3-1-2-5(4-6)7-8(16)9(10(17)18)19-15-7;/h2*1-4,16H,(H,17,18);/q;;+2/p-2. The summed E-state index contributed by atoms with van der Waals surface area (Å²) in [5.74, 6) is -4.64. The zero-order valence-electron chi connectivity index (χ0n) is 18.8. The monoisotopic (exact) mass is 600 g/mol. The number of nitrogens with zero attached hydrogens (tertiary/aromatic N) is 2. The van der Waals surface area contributed by atoms with Crippen molar-refractivity contribution in [1.29, 1.82) is 0 Å². The van der Waals surface area contributed by atoms with Crippen LogP contribution in [0.25, 0.3) is 22.5 Å². The molecule has 4 rings (SSSR count). The summed E-state index contributed by atoms with van der Waals surface area (Å²) in [5.41, 5.74) is -2.28. The molecule has 39 heavy (non-hydrogen) atoms. The van der Waals surface area contributed by atoms with Crippen LogP contribution >= 0.6 is 23.1 Å². The number of carboxylic acid groups (broad SMARTS) is 2. The van der Waals surface area contributed by atoms with E-state index in [2.05, 4.69) is 8.75 Å². The van der Waals surface area contributed by atoms with E-state index in [-0.39, 0.29) is 45.6 Å². The second-order valence-corrected chi connectivity index (χ2v) is 8.70. The molecule has 4 aromatic rings. The molecule has 0 amide bonds. The van der Waals surface area contributed by atoms with E-state index in [0.717, 1.165) is 36.4 Å². The first-order valence-electron chi connectivity index (χ1n) is 9.76. The molecule has 2 aromatic heterocycles. The summed E-state index contributed by atoms with van der Waals surface area (Å²) < 4.78 is 82.5. The smallest absolute Gasteiger partial charge is 0.544 e. The molecule has 0 saturated carbocycles. The van der Waals surface area contributed by atoms with Gasteiger partial charge in [-0.05, 0) is 47.3 Å². The fourth-order valence-corrected chi connectivity index (χ4v) is 4.17. The maximum Gasteiger partial charge on any atom is 2.00 e. The van der Waals surface area contributed by atoms with E-state index >= 15 is 0 Å². The van der Waals surface area contributed by atoms with Crippen LogP contribution in [0.4, 0.5) is 26.3 Å². The van der Waals surface area contributed by atoms with Crippen molar-refractivity contribution in [2.45, 2.75) is 12.4 Å². The molecule has 200 valence electrons. The van der Waals surface area contributed by atoms with Gasteiger partial charge in [-0.2, -0.15) is 35.1 Å². The van der Waals surface area contributed by atoms with Crippen molar-refractivity contribution >= 4 is 58.1 Å². The Morgan fingerprint density at radius 1 is 0.692 bits per heavy atom. The number of carbonyl (C=O) groups excluding carboxylic acids is 2. The molecule has 0 saturated heterocycles. The van der Waals surface area contributed by atoms with Gasteiger partial charge >= 0.3 is 35.4 Å². The van der Waals surface area contributed by atoms with Gasteiger partial charge in [0.1, 0.15) is 21.1 Å². The molecule has 2 heterocycles. The van der Waals surface area contributed by atoms with Crippen molar-refractivity contribution in [3.05, 3.63) is 69.4 Å². The predicted molar refractivity (Wildman–Crippen MR) is 123 cm³/mol. The zero-order valence-corrected chi connectivity index (χ0v) is 21.9. The summed E-state index contributed by atoms with van der Waals surface area (Å²) >= 11 is 0.898. The molecule has 0 radical (unpaired) electrons. The third-order valence-electron chi connectivity index (χ3n) is 4.63. The third-order valence-corrected chi connectivity index (χ3v) is 6.27. The number of alkyl halides is 6. The number of aromatic nitrogens is 2. The Balaban J connectivity index is 0.000000267. The summed E-state index contributed by atoms with van der Waals surface area (Å²) in [6, 6.07) is 8.19. The number of carboxylic acids is 2. The van der Waals surface area contributed by atoms with Gasteiger partial charge in [-0.15, -0.1) is 0 Å². The maximum atomic E-state index is 12.5. The minimum atomic E-state index is -4.53. The van der Waals surface area contributed by atoms with Crippen LogP contribution < -0.4 is 10.2 Å². The summed E-state index contributed by atoms with van der Waals surface area (Å²) in [4.78, 5) is 20.2. The topological polar surface area (TPSA) is 146 Å². The SMILES string of the molecule is O=C([O-])c1snc(-c2cccc(C(F)(F)F)c2)c1O.O=C([O-])c1snc(-c2cccc(C(F)(F)F)c2)c1O.[Mg+2]. The normalized spacial score (nSPS) is 11.2. The van der Waals surface area contributed by atoms with Crippen LogP contribution in [0.3, 0.4) is 0 Å². The number of hydrogen-bond acceptors (Lipinski definition) is 10. The van der Waals surface area contributed by atoms with E-state index in [4.69, 9.17) is 0 Å². The van der Waals surface area contributed by atoms with Crippen molar-refractivity contribution in [3.63, 3.8) is 0 Å². The van der Waals surface area contributed by atoms with Gasteiger partial charge in [-0.3, -0.25) is 0 Å².